The Morgan fingerprint density at radius 2 is 2.00 bits per heavy atom. The molecule has 0 fully saturated rings. The van der Waals surface area contributed by atoms with Gasteiger partial charge in [0.2, 0.25) is 11.8 Å². The second-order valence-electron chi connectivity index (χ2n) is 5.22. The zero-order chi connectivity index (χ0) is 14.8. The van der Waals surface area contributed by atoms with Gasteiger partial charge in [0.05, 0.1) is 12.3 Å². The first-order valence-electron chi connectivity index (χ1n) is 6.92. The fourth-order valence-corrected chi connectivity index (χ4v) is 2.45. The van der Waals surface area contributed by atoms with Crippen molar-refractivity contribution in [3.05, 3.63) is 59.7 Å². The van der Waals surface area contributed by atoms with Gasteiger partial charge in [-0.25, -0.2) is 0 Å². The molecule has 2 aromatic rings. The first-order chi connectivity index (χ1) is 10.1. The van der Waals surface area contributed by atoms with Crippen LogP contribution >= 0.6 is 0 Å². The Labute approximate surface area is 124 Å². The molecular formula is C17H18N2O2. The highest BCUT2D eigenvalue weighted by atomic mass is 16.2. The molecule has 21 heavy (non-hydrogen) atoms. The minimum atomic E-state index is -0.223. The third kappa shape index (κ3) is 2.79. The third-order valence-corrected chi connectivity index (χ3v) is 3.69. The summed E-state index contributed by atoms with van der Waals surface area (Å²) in [6.45, 7) is 1.88. The Kier molecular flexibility index (Phi) is 3.44. The van der Waals surface area contributed by atoms with E-state index in [9.17, 15) is 9.59 Å². The van der Waals surface area contributed by atoms with Crippen LogP contribution in [0.15, 0.2) is 48.5 Å². The predicted molar refractivity (Wildman–Crippen MR) is 84.4 cm³/mol. The quantitative estimate of drug-likeness (QED) is 0.908. The third-order valence-electron chi connectivity index (χ3n) is 3.69. The lowest BCUT2D eigenvalue weighted by molar-refractivity contribution is -0.117. The lowest BCUT2D eigenvalue weighted by atomic mass is 10.0. The van der Waals surface area contributed by atoms with Crippen LogP contribution in [-0.4, -0.2) is 11.8 Å². The molecule has 1 heterocycles. The molecule has 0 saturated heterocycles. The Bertz CT molecular complexity index is 701. The number of hydrogen-bond donors (Lipinski definition) is 2. The second-order valence-corrected chi connectivity index (χ2v) is 5.22. The van der Waals surface area contributed by atoms with Crippen LogP contribution in [0.5, 0.6) is 0 Å². The molecular weight excluding hydrogens is 264 g/mol. The highest BCUT2D eigenvalue weighted by Gasteiger charge is 2.19. The van der Waals surface area contributed by atoms with Crippen molar-refractivity contribution in [2.75, 3.05) is 10.6 Å². The monoisotopic (exact) mass is 282 g/mol. The molecule has 0 radical (unpaired) electrons. The Morgan fingerprint density at radius 3 is 2.76 bits per heavy atom. The van der Waals surface area contributed by atoms with Gasteiger partial charge in [0.25, 0.3) is 0 Å². The van der Waals surface area contributed by atoms with Crippen LogP contribution in [0.1, 0.15) is 25.4 Å². The summed E-state index contributed by atoms with van der Waals surface area (Å²) in [7, 11) is 0. The van der Waals surface area contributed by atoms with E-state index < -0.39 is 0 Å². The molecule has 108 valence electrons. The molecule has 4 heteroatoms. The van der Waals surface area contributed by atoms with Gasteiger partial charge < -0.3 is 10.6 Å². The van der Waals surface area contributed by atoms with Gasteiger partial charge in [0.15, 0.2) is 0 Å². The molecule has 4 nitrogen and oxygen atoms in total. The second kappa shape index (κ2) is 5.40. The summed E-state index contributed by atoms with van der Waals surface area (Å²) in [6.07, 6.45) is 0.368. The molecule has 0 saturated carbocycles. The van der Waals surface area contributed by atoms with E-state index in [4.69, 9.17) is 0 Å². The van der Waals surface area contributed by atoms with E-state index >= 15 is 0 Å². The maximum atomic E-state index is 12.3. The van der Waals surface area contributed by atoms with Crippen molar-refractivity contribution in [1.29, 1.82) is 0 Å². The van der Waals surface area contributed by atoms with Gasteiger partial charge in [-0.05, 0) is 36.2 Å². The molecule has 1 atom stereocenters. The van der Waals surface area contributed by atoms with E-state index in [1.54, 1.807) is 6.07 Å². The van der Waals surface area contributed by atoms with Crippen molar-refractivity contribution in [3.63, 3.8) is 0 Å². The summed E-state index contributed by atoms with van der Waals surface area (Å²) in [5, 5.41) is 5.68. The summed E-state index contributed by atoms with van der Waals surface area (Å²) in [4.78, 5) is 23.6. The molecule has 1 aliphatic rings. The van der Waals surface area contributed by atoms with Crippen molar-refractivity contribution >= 4 is 23.2 Å². The smallest absolute Gasteiger partial charge is 0.231 e. The number of nitrogens with one attached hydrogen (secondary N) is 2. The van der Waals surface area contributed by atoms with Crippen LogP contribution in [0.3, 0.4) is 0 Å². The van der Waals surface area contributed by atoms with Gasteiger partial charge in [-0.3, -0.25) is 9.59 Å². The van der Waals surface area contributed by atoms with Crippen molar-refractivity contribution in [2.24, 2.45) is 0 Å². The molecule has 3 rings (SSSR count). The maximum Gasteiger partial charge on any atom is 0.231 e. The number of amides is 2. The average Bonchev–Trinajstić information content (AvgIpc) is 2.86. The number of hydrogen-bond acceptors (Lipinski definition) is 2. The highest BCUT2D eigenvalue weighted by Crippen LogP contribution is 2.26. The van der Waals surface area contributed by atoms with Crippen LogP contribution in [0.4, 0.5) is 11.4 Å². The van der Waals surface area contributed by atoms with Crippen LogP contribution in [0.25, 0.3) is 0 Å². The number of carbonyl (C=O) groups is 2. The SMILES string of the molecule is C[C@@H](C(=O)Nc1ccc2c(c1)CC(=O)N2)c1ccccc1.[HH]. The molecule has 0 unspecified atom stereocenters. The van der Waals surface area contributed by atoms with Crippen LogP contribution in [0.2, 0.25) is 0 Å². The molecule has 1 aliphatic heterocycles. The molecule has 0 aliphatic carbocycles. The number of carbonyl (C=O) groups excluding carboxylic acids is 2. The minimum Gasteiger partial charge on any atom is -0.326 e. The molecule has 0 spiro atoms. The van der Waals surface area contributed by atoms with Crippen molar-refractivity contribution in [2.45, 2.75) is 19.3 Å². The van der Waals surface area contributed by atoms with Gasteiger partial charge in [-0.15, -0.1) is 0 Å². The van der Waals surface area contributed by atoms with E-state index in [0.717, 1.165) is 22.5 Å². The van der Waals surface area contributed by atoms with Crippen LogP contribution in [0, 0.1) is 0 Å². The van der Waals surface area contributed by atoms with Gasteiger partial charge in [-0.2, -0.15) is 0 Å². The number of benzene rings is 2. The topological polar surface area (TPSA) is 58.2 Å². The van der Waals surface area contributed by atoms with E-state index in [2.05, 4.69) is 10.6 Å². The van der Waals surface area contributed by atoms with Crippen molar-refractivity contribution in [3.8, 4) is 0 Å². The first-order valence-corrected chi connectivity index (χ1v) is 6.92. The van der Waals surface area contributed by atoms with Crippen LogP contribution in [-0.2, 0) is 16.0 Å². The first kappa shape index (κ1) is 13.4. The standard InChI is InChI=1S/C17H16N2O2.H2/c1-11(12-5-3-2-4-6-12)17(21)18-14-7-8-15-13(9-14)10-16(20)19-15;/h2-9,11H,10H2,1H3,(H,18,21)(H,19,20);1H/t11-;/m1./s1. The molecule has 0 aromatic heterocycles. The zero-order valence-electron chi connectivity index (χ0n) is 11.7. The van der Waals surface area contributed by atoms with Gasteiger partial charge in [0.1, 0.15) is 0 Å². The predicted octanol–water partition coefficient (Wildman–Crippen LogP) is 3.17. The molecule has 0 bridgehead atoms. The molecule has 2 aromatic carbocycles. The van der Waals surface area contributed by atoms with Gasteiger partial charge in [-0.1, -0.05) is 30.3 Å². The van der Waals surface area contributed by atoms with Crippen molar-refractivity contribution < 1.29 is 11.0 Å². The van der Waals surface area contributed by atoms with E-state index in [0.29, 0.717) is 6.42 Å². The van der Waals surface area contributed by atoms with E-state index in [1.165, 1.54) is 0 Å². The highest BCUT2D eigenvalue weighted by molar-refractivity contribution is 6.01. The average molecular weight is 282 g/mol. The zero-order valence-corrected chi connectivity index (χ0v) is 11.7. The number of anilines is 2. The fraction of sp³-hybridized carbons (Fsp3) is 0.176. The normalized spacial score (nSPS) is 14.2. The number of rotatable bonds is 3. The molecule has 2 amide bonds. The summed E-state index contributed by atoms with van der Waals surface area (Å²) in [5.74, 6) is -0.288. The Morgan fingerprint density at radius 1 is 1.24 bits per heavy atom. The summed E-state index contributed by atoms with van der Waals surface area (Å²) in [5.41, 5.74) is 3.45. The van der Waals surface area contributed by atoms with E-state index in [1.807, 2.05) is 49.4 Å². The maximum absolute atomic E-state index is 12.3. The Balaban J connectivity index is 0.00000176. The van der Waals surface area contributed by atoms with Crippen LogP contribution < -0.4 is 10.6 Å². The number of fused-ring (bicyclic) bond motifs is 1. The summed E-state index contributed by atoms with van der Waals surface area (Å²) >= 11 is 0. The minimum absolute atomic E-state index is 0. The molecule has 2 N–H and O–H groups in total. The van der Waals surface area contributed by atoms with E-state index in [-0.39, 0.29) is 19.2 Å². The lowest BCUT2D eigenvalue weighted by Gasteiger charge is -2.13. The van der Waals surface area contributed by atoms with Gasteiger partial charge >= 0.3 is 0 Å². The summed E-state index contributed by atoms with van der Waals surface area (Å²) < 4.78 is 0. The largest absolute Gasteiger partial charge is 0.326 e. The fourth-order valence-electron chi connectivity index (χ4n) is 2.45. The lowest BCUT2D eigenvalue weighted by Crippen LogP contribution is -2.18. The van der Waals surface area contributed by atoms with Gasteiger partial charge in [0, 0.05) is 12.8 Å². The Hall–Kier alpha value is -2.62. The summed E-state index contributed by atoms with van der Waals surface area (Å²) in [6, 6.07) is 15.1. The van der Waals surface area contributed by atoms with Crippen molar-refractivity contribution in [1.82, 2.24) is 0 Å².